The fraction of sp³-hybridized carbons (Fsp3) is 0.300. The number of carboxylic acid groups (broad SMARTS) is 1. The summed E-state index contributed by atoms with van der Waals surface area (Å²) in [4.78, 5) is 25.3. The van der Waals surface area contributed by atoms with E-state index in [1.165, 1.54) is 5.56 Å². The molecule has 0 saturated heterocycles. The Hall–Kier alpha value is -1.92. The largest absolute Gasteiger partial charge is 0.481 e. The van der Waals surface area contributed by atoms with Crippen molar-refractivity contribution < 1.29 is 14.7 Å². The zero-order chi connectivity index (χ0) is 18.5. The predicted molar refractivity (Wildman–Crippen MR) is 107 cm³/mol. The van der Waals surface area contributed by atoms with E-state index in [-0.39, 0.29) is 17.6 Å². The summed E-state index contributed by atoms with van der Waals surface area (Å²) in [6, 6.07) is 15.1. The van der Waals surface area contributed by atoms with Crippen molar-refractivity contribution in [3.63, 3.8) is 0 Å². The summed E-state index contributed by atoms with van der Waals surface area (Å²) in [7, 11) is 0. The quantitative estimate of drug-likeness (QED) is 0.732. The molecule has 2 aromatic carbocycles. The number of thioether (sulfide) groups is 2. The Morgan fingerprint density at radius 1 is 1.23 bits per heavy atom. The van der Waals surface area contributed by atoms with Crippen LogP contribution in [0.1, 0.15) is 34.4 Å². The van der Waals surface area contributed by atoms with Gasteiger partial charge in [0.05, 0.1) is 12.5 Å². The maximum Gasteiger partial charge on any atom is 0.305 e. The lowest BCUT2D eigenvalue weighted by atomic mass is 9.99. The molecule has 6 heteroatoms. The molecule has 26 heavy (non-hydrogen) atoms. The van der Waals surface area contributed by atoms with Crippen molar-refractivity contribution in [2.45, 2.75) is 29.0 Å². The Morgan fingerprint density at radius 2 is 1.96 bits per heavy atom. The molecule has 0 spiro atoms. The van der Waals surface area contributed by atoms with E-state index in [0.717, 1.165) is 28.2 Å². The molecule has 0 saturated carbocycles. The molecule has 2 atom stereocenters. The van der Waals surface area contributed by atoms with Crippen LogP contribution in [0.25, 0.3) is 0 Å². The van der Waals surface area contributed by atoms with Gasteiger partial charge in [0.25, 0.3) is 0 Å². The van der Waals surface area contributed by atoms with Crippen LogP contribution in [-0.2, 0) is 16.0 Å². The minimum atomic E-state index is -0.930. The molecular weight excluding hydrogens is 366 g/mol. The lowest BCUT2D eigenvalue weighted by molar-refractivity contribution is -0.137. The third kappa shape index (κ3) is 4.43. The van der Waals surface area contributed by atoms with Crippen LogP contribution < -0.4 is 5.32 Å². The number of aliphatic carboxylic acids is 1. The highest BCUT2D eigenvalue weighted by Gasteiger charge is 2.29. The highest BCUT2D eigenvalue weighted by atomic mass is 32.2. The fourth-order valence-corrected chi connectivity index (χ4v) is 4.73. The number of fused-ring (bicyclic) bond motifs is 1. The van der Waals surface area contributed by atoms with Crippen molar-refractivity contribution >= 4 is 35.4 Å². The van der Waals surface area contributed by atoms with Crippen LogP contribution in [0.4, 0.5) is 0 Å². The van der Waals surface area contributed by atoms with E-state index in [0.29, 0.717) is 0 Å². The fourth-order valence-electron chi connectivity index (χ4n) is 3.12. The smallest absolute Gasteiger partial charge is 0.305 e. The lowest BCUT2D eigenvalue weighted by Crippen LogP contribution is -2.34. The van der Waals surface area contributed by atoms with Crippen LogP contribution in [-0.4, -0.2) is 29.0 Å². The third-order valence-electron chi connectivity index (χ3n) is 4.45. The van der Waals surface area contributed by atoms with E-state index in [2.05, 4.69) is 11.4 Å². The first-order valence-electron chi connectivity index (χ1n) is 8.44. The van der Waals surface area contributed by atoms with E-state index in [4.69, 9.17) is 0 Å². The van der Waals surface area contributed by atoms with Gasteiger partial charge in [-0.1, -0.05) is 36.4 Å². The standard InChI is InChI=1S/C20H21NO3S2/c1-25-15-8-6-14(7-9-15)17(12-18(22)23)21-20(24)19-16-5-3-2-4-13(16)10-11-26-19/h2-9,17,19H,10-12H2,1H3,(H,21,24)(H,22,23). The maximum absolute atomic E-state index is 12.9. The van der Waals surface area contributed by atoms with E-state index in [1.807, 2.05) is 48.7 Å². The summed E-state index contributed by atoms with van der Waals surface area (Å²) in [5, 5.41) is 11.9. The van der Waals surface area contributed by atoms with Crippen LogP contribution >= 0.6 is 23.5 Å². The first kappa shape index (κ1) is 18.9. The molecule has 1 amide bonds. The van der Waals surface area contributed by atoms with Gasteiger partial charge in [-0.2, -0.15) is 0 Å². The van der Waals surface area contributed by atoms with Crippen molar-refractivity contribution in [2.24, 2.45) is 0 Å². The summed E-state index contributed by atoms with van der Waals surface area (Å²) in [6.07, 6.45) is 2.81. The van der Waals surface area contributed by atoms with Crippen LogP contribution in [0, 0.1) is 0 Å². The normalized spacial score (nSPS) is 17.2. The van der Waals surface area contributed by atoms with Gasteiger partial charge in [-0.3, -0.25) is 9.59 Å². The van der Waals surface area contributed by atoms with E-state index in [1.54, 1.807) is 23.5 Å². The Balaban J connectivity index is 1.80. The van der Waals surface area contributed by atoms with Crippen molar-refractivity contribution in [1.29, 1.82) is 0 Å². The van der Waals surface area contributed by atoms with E-state index >= 15 is 0 Å². The average molecular weight is 388 g/mol. The molecule has 0 aromatic heterocycles. The van der Waals surface area contributed by atoms with Crippen molar-refractivity contribution in [3.05, 3.63) is 65.2 Å². The zero-order valence-corrected chi connectivity index (χ0v) is 16.1. The molecule has 0 aliphatic carbocycles. The number of carboxylic acids is 1. The average Bonchev–Trinajstić information content (AvgIpc) is 2.66. The molecule has 2 N–H and O–H groups in total. The van der Waals surface area contributed by atoms with Gasteiger partial charge in [-0.05, 0) is 47.3 Å². The van der Waals surface area contributed by atoms with Gasteiger partial charge < -0.3 is 10.4 Å². The lowest BCUT2D eigenvalue weighted by Gasteiger charge is -2.26. The molecular formula is C20H21NO3S2. The molecule has 2 aromatic rings. The zero-order valence-electron chi connectivity index (χ0n) is 14.5. The number of carbonyl (C=O) groups excluding carboxylic acids is 1. The van der Waals surface area contributed by atoms with Gasteiger partial charge in [0.2, 0.25) is 5.91 Å². The van der Waals surface area contributed by atoms with Gasteiger partial charge in [0.1, 0.15) is 5.25 Å². The number of rotatable bonds is 6. The molecule has 0 fully saturated rings. The van der Waals surface area contributed by atoms with E-state index < -0.39 is 12.0 Å². The van der Waals surface area contributed by atoms with Crippen molar-refractivity contribution in [1.82, 2.24) is 5.32 Å². The second-order valence-electron chi connectivity index (χ2n) is 6.13. The molecule has 1 aliphatic rings. The van der Waals surface area contributed by atoms with Crippen LogP contribution in [0.5, 0.6) is 0 Å². The molecule has 1 heterocycles. The number of amides is 1. The Kier molecular flexibility index (Phi) is 6.27. The van der Waals surface area contributed by atoms with Gasteiger partial charge >= 0.3 is 5.97 Å². The van der Waals surface area contributed by atoms with Crippen LogP contribution in [0.3, 0.4) is 0 Å². The second-order valence-corrected chi connectivity index (χ2v) is 8.22. The minimum Gasteiger partial charge on any atom is -0.481 e. The van der Waals surface area contributed by atoms with Gasteiger partial charge in [0, 0.05) is 4.90 Å². The van der Waals surface area contributed by atoms with Crippen LogP contribution in [0.15, 0.2) is 53.4 Å². The number of nitrogens with one attached hydrogen (secondary N) is 1. The molecule has 136 valence electrons. The number of hydrogen-bond acceptors (Lipinski definition) is 4. The number of hydrogen-bond donors (Lipinski definition) is 2. The van der Waals surface area contributed by atoms with E-state index in [9.17, 15) is 14.7 Å². The van der Waals surface area contributed by atoms with Crippen LogP contribution in [0.2, 0.25) is 0 Å². The number of aryl methyl sites for hydroxylation is 1. The Morgan fingerprint density at radius 3 is 2.65 bits per heavy atom. The Bertz CT molecular complexity index is 792. The number of benzene rings is 2. The van der Waals surface area contributed by atoms with Crippen molar-refractivity contribution in [2.75, 3.05) is 12.0 Å². The first-order chi connectivity index (χ1) is 12.6. The summed E-state index contributed by atoms with van der Waals surface area (Å²) >= 11 is 3.24. The topological polar surface area (TPSA) is 66.4 Å². The summed E-state index contributed by atoms with van der Waals surface area (Å²) in [5.74, 6) is -0.163. The second kappa shape index (κ2) is 8.64. The molecule has 2 unspecified atom stereocenters. The Labute approximate surface area is 161 Å². The molecule has 0 radical (unpaired) electrons. The summed E-state index contributed by atoms with van der Waals surface area (Å²) < 4.78 is 0. The summed E-state index contributed by atoms with van der Waals surface area (Å²) in [5.41, 5.74) is 3.05. The SMILES string of the molecule is CSc1ccc(C(CC(=O)O)NC(=O)C2SCCc3ccccc32)cc1. The molecule has 1 aliphatic heterocycles. The van der Waals surface area contributed by atoms with Gasteiger partial charge in [0.15, 0.2) is 0 Å². The summed E-state index contributed by atoms with van der Waals surface area (Å²) in [6.45, 7) is 0. The van der Waals surface area contributed by atoms with Crippen molar-refractivity contribution in [3.8, 4) is 0 Å². The highest BCUT2D eigenvalue weighted by molar-refractivity contribution is 8.00. The minimum absolute atomic E-state index is 0.123. The number of carbonyl (C=O) groups is 2. The maximum atomic E-state index is 12.9. The van der Waals surface area contributed by atoms with Gasteiger partial charge in [-0.25, -0.2) is 0 Å². The molecule has 4 nitrogen and oxygen atoms in total. The highest BCUT2D eigenvalue weighted by Crippen LogP contribution is 2.37. The monoisotopic (exact) mass is 387 g/mol. The third-order valence-corrected chi connectivity index (χ3v) is 6.43. The first-order valence-corrected chi connectivity index (χ1v) is 10.7. The van der Waals surface area contributed by atoms with Gasteiger partial charge in [-0.15, -0.1) is 23.5 Å². The molecule has 3 rings (SSSR count). The molecule has 0 bridgehead atoms. The predicted octanol–water partition coefficient (Wildman–Crippen LogP) is 4.07.